The van der Waals surface area contributed by atoms with Gasteiger partial charge in [0.15, 0.2) is 23.1 Å². The molecule has 0 fully saturated rings. The molecule has 0 unspecified atom stereocenters. The van der Waals surface area contributed by atoms with E-state index in [4.69, 9.17) is 18.9 Å². The minimum atomic E-state index is -0.563. The molecule has 125 valence electrons. The fourth-order valence-electron chi connectivity index (χ4n) is 2.15. The van der Waals surface area contributed by atoms with E-state index in [0.717, 1.165) is 11.6 Å². The third-order valence-corrected chi connectivity index (χ3v) is 3.16. The van der Waals surface area contributed by atoms with Crippen LogP contribution in [0, 0.1) is 18.6 Å². The molecule has 5 nitrogen and oxygen atoms in total. The van der Waals surface area contributed by atoms with Gasteiger partial charge in [-0.1, -0.05) is 0 Å². The standard InChI is InChI=1S/C8H5FO3.C8H7FO2.B.Na.H/c9-6-1-5(3-10)2-7-8(6)12-4-11-7;1-5-2-6(9)8-7(3-5)10-4-11-8;;;/h1-3H,4H2;2-3H,4H2,1H3;;;/q;;;+1;-1. The van der Waals surface area contributed by atoms with E-state index in [9.17, 15) is 13.6 Å². The number of carbonyl (C=O) groups excluding carboxylic acids is 1. The summed E-state index contributed by atoms with van der Waals surface area (Å²) >= 11 is 0. The van der Waals surface area contributed by atoms with Crippen molar-refractivity contribution in [1.29, 1.82) is 0 Å². The summed E-state index contributed by atoms with van der Waals surface area (Å²) in [5, 5.41) is 0. The number of aldehydes is 1. The van der Waals surface area contributed by atoms with Crippen LogP contribution in [0.25, 0.3) is 0 Å². The summed E-state index contributed by atoms with van der Waals surface area (Å²) in [7, 11) is 0. The third-order valence-electron chi connectivity index (χ3n) is 3.16. The Hall–Kier alpha value is -1.77. The summed E-state index contributed by atoms with van der Waals surface area (Å²) in [4.78, 5) is 10.3. The predicted molar refractivity (Wildman–Crippen MR) is 82.0 cm³/mol. The van der Waals surface area contributed by atoms with E-state index in [1.165, 1.54) is 12.1 Å². The second-order valence-corrected chi connectivity index (χ2v) is 4.83. The smallest absolute Gasteiger partial charge is 1.00 e. The van der Waals surface area contributed by atoms with Crippen LogP contribution < -0.4 is 48.5 Å². The molecule has 0 bridgehead atoms. The number of rotatable bonds is 1. The zero-order valence-corrected chi connectivity index (χ0v) is 15.7. The number of hydrogen-bond donors (Lipinski definition) is 0. The topological polar surface area (TPSA) is 54.0 Å². The Balaban J connectivity index is 0.000000432. The van der Waals surface area contributed by atoms with Crippen LogP contribution in [0.15, 0.2) is 24.3 Å². The van der Waals surface area contributed by atoms with Crippen molar-refractivity contribution in [3.05, 3.63) is 47.0 Å². The quantitative estimate of drug-likeness (QED) is 0.530. The molecular formula is C16H13BF2NaO5. The number of fused-ring (bicyclic) bond motifs is 2. The van der Waals surface area contributed by atoms with Crippen LogP contribution in [0.1, 0.15) is 17.3 Å². The Morgan fingerprint density at radius 2 is 1.44 bits per heavy atom. The molecule has 0 saturated heterocycles. The maximum Gasteiger partial charge on any atom is 1.00 e. The van der Waals surface area contributed by atoms with Crippen LogP contribution in [0.3, 0.4) is 0 Å². The molecule has 0 saturated carbocycles. The Bertz CT molecular complexity index is 779. The van der Waals surface area contributed by atoms with Crippen LogP contribution in [0.5, 0.6) is 23.0 Å². The van der Waals surface area contributed by atoms with Gasteiger partial charge in [-0.3, -0.25) is 4.79 Å². The number of halogens is 2. The number of hydrogen-bond acceptors (Lipinski definition) is 5. The molecule has 2 aliphatic rings. The van der Waals surface area contributed by atoms with E-state index in [-0.39, 0.29) is 81.6 Å². The molecule has 9 heteroatoms. The van der Waals surface area contributed by atoms with Crippen molar-refractivity contribution in [3.63, 3.8) is 0 Å². The van der Waals surface area contributed by atoms with Gasteiger partial charge in [0.2, 0.25) is 25.1 Å². The Labute approximate surface area is 168 Å². The summed E-state index contributed by atoms with van der Waals surface area (Å²) < 4.78 is 45.5. The van der Waals surface area contributed by atoms with E-state index in [1.54, 1.807) is 6.07 Å². The molecule has 0 aliphatic carbocycles. The van der Waals surface area contributed by atoms with Crippen molar-refractivity contribution in [1.82, 2.24) is 0 Å². The van der Waals surface area contributed by atoms with E-state index in [1.807, 2.05) is 6.92 Å². The molecule has 2 aromatic rings. The summed E-state index contributed by atoms with van der Waals surface area (Å²) in [5.41, 5.74) is 1.09. The Morgan fingerprint density at radius 3 is 2.00 bits per heavy atom. The molecule has 2 aliphatic heterocycles. The van der Waals surface area contributed by atoms with Crippen LogP contribution in [0.4, 0.5) is 8.78 Å². The van der Waals surface area contributed by atoms with Crippen molar-refractivity contribution in [2.75, 3.05) is 13.6 Å². The molecule has 0 N–H and O–H groups in total. The Kier molecular flexibility index (Phi) is 7.73. The number of aryl methyl sites for hydroxylation is 1. The van der Waals surface area contributed by atoms with Crippen molar-refractivity contribution in [2.24, 2.45) is 0 Å². The fourth-order valence-corrected chi connectivity index (χ4v) is 2.15. The first-order chi connectivity index (χ1) is 11.1. The zero-order valence-electron chi connectivity index (χ0n) is 14.7. The van der Waals surface area contributed by atoms with Gasteiger partial charge in [-0.25, -0.2) is 8.78 Å². The van der Waals surface area contributed by atoms with Crippen LogP contribution in [-0.4, -0.2) is 28.3 Å². The summed E-state index contributed by atoms with van der Waals surface area (Å²) in [6, 6.07) is 5.73. The number of ether oxygens (including phenoxy) is 4. The van der Waals surface area contributed by atoms with Crippen molar-refractivity contribution >= 4 is 14.7 Å². The monoisotopic (exact) mass is 357 g/mol. The van der Waals surface area contributed by atoms with Crippen molar-refractivity contribution in [2.45, 2.75) is 6.92 Å². The minimum Gasteiger partial charge on any atom is -1.00 e. The van der Waals surface area contributed by atoms with Gasteiger partial charge < -0.3 is 20.4 Å². The first kappa shape index (κ1) is 21.3. The molecule has 0 aromatic heterocycles. The second kappa shape index (κ2) is 9.08. The molecule has 25 heavy (non-hydrogen) atoms. The van der Waals surface area contributed by atoms with Gasteiger partial charge in [0.1, 0.15) is 6.29 Å². The van der Waals surface area contributed by atoms with Gasteiger partial charge in [-0.15, -0.1) is 0 Å². The maximum atomic E-state index is 13.0. The summed E-state index contributed by atoms with van der Waals surface area (Å²) in [6.07, 6.45) is 0.561. The molecule has 2 heterocycles. The minimum absolute atomic E-state index is 0. The zero-order chi connectivity index (χ0) is 16.4. The van der Waals surface area contributed by atoms with Crippen molar-refractivity contribution in [3.8, 4) is 23.0 Å². The van der Waals surface area contributed by atoms with Gasteiger partial charge in [0.25, 0.3) is 0 Å². The van der Waals surface area contributed by atoms with Gasteiger partial charge in [-0.05, 0) is 36.8 Å². The fraction of sp³-hybridized carbons (Fsp3) is 0.188. The first-order valence-corrected chi connectivity index (χ1v) is 6.68. The Morgan fingerprint density at radius 1 is 0.920 bits per heavy atom. The van der Waals surface area contributed by atoms with Gasteiger partial charge >= 0.3 is 29.6 Å². The second-order valence-electron chi connectivity index (χ2n) is 4.83. The van der Waals surface area contributed by atoms with Crippen LogP contribution >= 0.6 is 0 Å². The van der Waals surface area contributed by atoms with Crippen LogP contribution in [-0.2, 0) is 0 Å². The molecule has 0 spiro atoms. The maximum absolute atomic E-state index is 13.0. The molecule has 4 rings (SSSR count). The molecule has 3 radical (unpaired) electrons. The molecule has 2 aromatic carbocycles. The first-order valence-electron chi connectivity index (χ1n) is 6.68. The van der Waals surface area contributed by atoms with E-state index < -0.39 is 5.82 Å². The average molecular weight is 357 g/mol. The summed E-state index contributed by atoms with van der Waals surface area (Å²) in [6.45, 7) is 1.94. The predicted octanol–water partition coefficient (Wildman–Crippen LogP) is -0.0346. The molecule has 0 amide bonds. The normalized spacial score (nSPS) is 12.3. The van der Waals surface area contributed by atoms with Crippen molar-refractivity contribution < 1.29 is 63.5 Å². The third kappa shape index (κ3) is 4.65. The van der Waals surface area contributed by atoms with E-state index in [0.29, 0.717) is 12.0 Å². The largest absolute Gasteiger partial charge is 1.00 e. The number of benzene rings is 2. The SMILES string of the molecule is Cc1cc(F)c2c(c1)OCO2.O=Cc1cc(F)c2c(c1)OCO2.[B].[H-].[Na+]. The van der Waals surface area contributed by atoms with Gasteiger partial charge in [0.05, 0.1) is 0 Å². The average Bonchev–Trinajstić information content (AvgIpc) is 3.16. The van der Waals surface area contributed by atoms with Gasteiger partial charge in [0, 0.05) is 14.0 Å². The molecule has 0 atom stereocenters. The van der Waals surface area contributed by atoms with Crippen LogP contribution in [0.2, 0.25) is 0 Å². The number of carbonyl (C=O) groups is 1. The van der Waals surface area contributed by atoms with E-state index >= 15 is 0 Å². The summed E-state index contributed by atoms with van der Waals surface area (Å²) in [5.74, 6) is 0.195. The molecular weight excluding hydrogens is 344 g/mol. The van der Waals surface area contributed by atoms with Gasteiger partial charge in [-0.2, -0.15) is 0 Å². The van der Waals surface area contributed by atoms with E-state index in [2.05, 4.69) is 0 Å².